The van der Waals surface area contributed by atoms with Crippen LogP contribution in [0.4, 0.5) is 16.2 Å². The Morgan fingerprint density at radius 1 is 1.21 bits per heavy atom. The van der Waals surface area contributed by atoms with Crippen molar-refractivity contribution in [2.45, 2.75) is 37.9 Å². The minimum Gasteiger partial charge on any atom is -0.488 e. The van der Waals surface area contributed by atoms with E-state index in [0.717, 1.165) is 70.1 Å². The molecule has 3 unspecified atom stereocenters. The first-order valence-corrected chi connectivity index (χ1v) is 15.3. The highest BCUT2D eigenvalue weighted by atomic mass is 35.5. The first kappa shape index (κ1) is 28.3. The Morgan fingerprint density at radius 3 is 2.63 bits per heavy atom. The standard InChI is InChI=1S/C30H36ClFN8O3/c1-3-23(32)27-24(35-29(33)43-27)12-20-22(31)11-21-25-26(20)42-16-19(15-38-9-7-37(4-2)8-10-38)40(25)30(41)36-28(21)39-13-17-5-6-18(14-39)34-17/h3,11-12,17-19,34H,1,4-10,13-16H2,2H3,(H2,33,35)/b24-12-,27-23-. The van der Waals surface area contributed by atoms with Crippen LogP contribution in [0.2, 0.25) is 5.02 Å². The van der Waals surface area contributed by atoms with Crippen LogP contribution in [-0.4, -0.2) is 95.4 Å². The van der Waals surface area contributed by atoms with Gasteiger partial charge in [-0.15, -0.1) is 0 Å². The van der Waals surface area contributed by atoms with E-state index in [9.17, 15) is 9.18 Å². The predicted octanol–water partition coefficient (Wildman–Crippen LogP) is 1.22. The molecule has 0 spiro atoms. The van der Waals surface area contributed by atoms with Gasteiger partial charge in [0, 0.05) is 68.8 Å². The van der Waals surface area contributed by atoms with Crippen LogP contribution in [0.3, 0.4) is 0 Å². The summed E-state index contributed by atoms with van der Waals surface area (Å²) in [5.74, 6) is 0.337. The maximum Gasteiger partial charge on any atom is 0.350 e. The Morgan fingerprint density at radius 2 is 1.93 bits per heavy atom. The number of nitrogens with two attached hydrogens (primary N) is 1. The summed E-state index contributed by atoms with van der Waals surface area (Å²) >= 11 is 6.95. The fourth-order valence-corrected chi connectivity index (χ4v) is 7.24. The smallest absolute Gasteiger partial charge is 0.350 e. The quantitative estimate of drug-likeness (QED) is 0.422. The molecule has 6 heterocycles. The van der Waals surface area contributed by atoms with Gasteiger partial charge in [-0.3, -0.25) is 9.47 Å². The molecular weight excluding hydrogens is 575 g/mol. The SMILES string of the molecule is C=C/C(F)=c1/oc(N)n/c1=C\c1c(Cl)cc2c(N3CC4CCC(C3)N4)nc(=O)n3c2c1OCC3CN1CCN(CC)CC1. The third-order valence-corrected chi connectivity index (χ3v) is 9.47. The molecule has 3 atom stereocenters. The van der Waals surface area contributed by atoms with Crippen LogP contribution in [-0.2, 0) is 0 Å². The number of piperazine rings is 2. The number of benzene rings is 1. The molecule has 0 aliphatic carbocycles. The van der Waals surface area contributed by atoms with E-state index >= 15 is 0 Å². The largest absolute Gasteiger partial charge is 0.488 e. The van der Waals surface area contributed by atoms with Crippen LogP contribution in [0.15, 0.2) is 27.9 Å². The molecule has 3 saturated heterocycles. The number of oxazole rings is 1. The van der Waals surface area contributed by atoms with E-state index in [4.69, 9.17) is 26.5 Å². The van der Waals surface area contributed by atoms with Crippen LogP contribution in [0.1, 0.15) is 31.4 Å². The van der Waals surface area contributed by atoms with E-state index in [1.54, 1.807) is 10.6 Å². The highest BCUT2D eigenvalue weighted by Crippen LogP contribution is 2.42. The number of anilines is 2. The van der Waals surface area contributed by atoms with Gasteiger partial charge in [-0.2, -0.15) is 9.97 Å². The van der Waals surface area contributed by atoms with Gasteiger partial charge in [0.2, 0.25) is 0 Å². The normalized spacial score (nSPS) is 25.3. The number of allylic oxidation sites excluding steroid dienone is 1. The molecule has 2 bridgehead atoms. The minimum atomic E-state index is -0.707. The number of rotatable bonds is 6. The number of nitrogens with one attached hydrogen (secondary N) is 1. The van der Waals surface area contributed by atoms with Gasteiger partial charge >= 0.3 is 5.69 Å². The third-order valence-electron chi connectivity index (χ3n) is 9.16. The Labute approximate surface area is 253 Å². The van der Waals surface area contributed by atoms with E-state index in [-0.39, 0.29) is 35.1 Å². The molecule has 228 valence electrons. The van der Waals surface area contributed by atoms with Gasteiger partial charge < -0.3 is 30.0 Å². The Bertz CT molecular complexity index is 1750. The highest BCUT2D eigenvalue weighted by molar-refractivity contribution is 6.33. The molecular formula is C30H36ClFN8O3. The lowest BCUT2D eigenvalue weighted by molar-refractivity contribution is 0.106. The van der Waals surface area contributed by atoms with Crippen LogP contribution < -0.4 is 37.1 Å². The number of ether oxygens (including phenoxy) is 1. The zero-order valence-electron chi connectivity index (χ0n) is 24.2. The van der Waals surface area contributed by atoms with E-state index in [2.05, 4.69) is 43.5 Å². The van der Waals surface area contributed by atoms with Gasteiger partial charge in [0.05, 0.1) is 16.6 Å². The predicted molar refractivity (Wildman–Crippen MR) is 165 cm³/mol. The molecule has 43 heavy (non-hydrogen) atoms. The first-order chi connectivity index (χ1) is 20.8. The monoisotopic (exact) mass is 610 g/mol. The van der Waals surface area contributed by atoms with Crippen LogP contribution in [0, 0.1) is 0 Å². The summed E-state index contributed by atoms with van der Waals surface area (Å²) in [6.45, 7) is 13.0. The fourth-order valence-electron chi connectivity index (χ4n) is 6.99. The molecule has 1 aromatic carbocycles. The zero-order chi connectivity index (χ0) is 29.8. The van der Waals surface area contributed by atoms with Crippen LogP contribution in [0.25, 0.3) is 22.8 Å². The second-order valence-corrected chi connectivity index (χ2v) is 12.2. The molecule has 4 aliphatic heterocycles. The number of halogens is 2. The number of nitrogen functional groups attached to an aromatic ring is 1. The first-order valence-electron chi connectivity index (χ1n) is 15.0. The molecule has 4 aliphatic rings. The van der Waals surface area contributed by atoms with Crippen molar-refractivity contribution in [1.82, 2.24) is 29.7 Å². The summed E-state index contributed by atoms with van der Waals surface area (Å²) in [7, 11) is 0. The summed E-state index contributed by atoms with van der Waals surface area (Å²) in [6, 6.07) is 2.11. The minimum absolute atomic E-state index is 0.147. The second kappa shape index (κ2) is 11.2. The summed E-state index contributed by atoms with van der Waals surface area (Å²) in [4.78, 5) is 29.8. The summed E-state index contributed by atoms with van der Waals surface area (Å²) in [6.07, 6.45) is 4.80. The number of fused-ring (bicyclic) bond motifs is 2. The molecule has 3 fully saturated rings. The number of hydrogen-bond acceptors (Lipinski definition) is 10. The molecule has 0 saturated carbocycles. The number of hydrogen-bond donors (Lipinski definition) is 2. The molecule has 3 N–H and O–H groups in total. The van der Waals surface area contributed by atoms with E-state index in [1.807, 2.05) is 6.07 Å². The average molecular weight is 611 g/mol. The van der Waals surface area contributed by atoms with Gasteiger partial charge in [-0.1, -0.05) is 25.1 Å². The Hall–Kier alpha value is -3.45. The highest BCUT2D eigenvalue weighted by Gasteiger charge is 2.36. The molecule has 13 heteroatoms. The lowest BCUT2D eigenvalue weighted by Gasteiger charge is -2.38. The van der Waals surface area contributed by atoms with Gasteiger partial charge in [-0.05, 0) is 37.6 Å². The lowest BCUT2D eigenvalue weighted by Crippen LogP contribution is -2.52. The van der Waals surface area contributed by atoms with Gasteiger partial charge in [0.15, 0.2) is 17.0 Å². The van der Waals surface area contributed by atoms with Crippen LogP contribution >= 0.6 is 11.6 Å². The van der Waals surface area contributed by atoms with E-state index in [0.29, 0.717) is 46.3 Å². The average Bonchev–Trinajstić information content (AvgIpc) is 3.56. The molecule has 7 rings (SSSR count). The van der Waals surface area contributed by atoms with Crippen molar-refractivity contribution < 1.29 is 13.5 Å². The summed E-state index contributed by atoms with van der Waals surface area (Å²) < 4.78 is 28.2. The maximum absolute atomic E-state index is 14.6. The Kier molecular flexibility index (Phi) is 7.40. The van der Waals surface area contributed by atoms with Gasteiger partial charge in [0.1, 0.15) is 17.8 Å². The third kappa shape index (κ3) is 5.09. The summed E-state index contributed by atoms with van der Waals surface area (Å²) in [5.41, 5.74) is 6.40. The molecule has 11 nitrogen and oxygen atoms in total. The maximum atomic E-state index is 14.6. The van der Waals surface area contributed by atoms with Gasteiger partial charge in [0.25, 0.3) is 6.01 Å². The van der Waals surface area contributed by atoms with Crippen molar-refractivity contribution in [2.24, 2.45) is 0 Å². The van der Waals surface area contributed by atoms with Crippen molar-refractivity contribution in [3.63, 3.8) is 0 Å². The van der Waals surface area contributed by atoms with Gasteiger partial charge in [-0.25, -0.2) is 9.18 Å². The fraction of sp³-hybridized carbons (Fsp3) is 0.500. The van der Waals surface area contributed by atoms with Crippen molar-refractivity contribution in [2.75, 3.05) is 69.6 Å². The molecule has 3 aromatic rings. The van der Waals surface area contributed by atoms with Crippen LogP contribution in [0.5, 0.6) is 5.75 Å². The number of aromatic nitrogens is 3. The van der Waals surface area contributed by atoms with E-state index < -0.39 is 5.83 Å². The van der Waals surface area contributed by atoms with Crippen molar-refractivity contribution >= 4 is 46.2 Å². The number of likely N-dealkylation sites (N-methyl/N-ethyl adjacent to an activating group) is 1. The zero-order valence-corrected chi connectivity index (χ0v) is 24.9. The topological polar surface area (TPSA) is 118 Å². The molecule has 0 radical (unpaired) electrons. The number of nitrogens with zero attached hydrogens (tertiary/aromatic N) is 6. The summed E-state index contributed by atoms with van der Waals surface area (Å²) in [5, 5.41) is 4.90. The van der Waals surface area contributed by atoms with E-state index in [1.165, 1.54) is 0 Å². The molecule has 2 aromatic heterocycles. The Balaban J connectivity index is 1.40. The lowest BCUT2D eigenvalue weighted by atomic mass is 10.0. The van der Waals surface area contributed by atoms with Crippen molar-refractivity contribution in [3.05, 3.63) is 50.6 Å². The van der Waals surface area contributed by atoms with Crippen molar-refractivity contribution in [3.8, 4) is 5.75 Å². The van der Waals surface area contributed by atoms with Crippen molar-refractivity contribution in [1.29, 1.82) is 0 Å². The second-order valence-electron chi connectivity index (χ2n) is 11.8. The molecule has 0 amide bonds.